The summed E-state index contributed by atoms with van der Waals surface area (Å²) in [7, 11) is 0. The van der Waals surface area contributed by atoms with Gasteiger partial charge in [0, 0.05) is 31.2 Å². The van der Waals surface area contributed by atoms with Crippen molar-refractivity contribution in [2.45, 2.75) is 25.3 Å². The summed E-state index contributed by atoms with van der Waals surface area (Å²) in [6.45, 7) is 3.32. The van der Waals surface area contributed by atoms with Crippen LogP contribution in [0.25, 0.3) is 5.69 Å². The predicted octanol–water partition coefficient (Wildman–Crippen LogP) is 2.60. The highest BCUT2D eigenvalue weighted by Crippen LogP contribution is 2.47. The molecule has 8 heteroatoms. The molecule has 1 saturated carbocycles. The molecular weight excluding hydrogens is 354 g/mol. The van der Waals surface area contributed by atoms with Crippen LogP contribution in [0.3, 0.4) is 0 Å². The molecule has 2 aliphatic rings. The minimum absolute atomic E-state index is 0.123. The van der Waals surface area contributed by atoms with Gasteiger partial charge in [0.05, 0.1) is 17.6 Å². The Morgan fingerprint density at radius 2 is 2.11 bits per heavy atom. The number of carbonyl (C=O) groups is 1. The monoisotopic (exact) mass is 375 g/mol. The lowest BCUT2D eigenvalue weighted by Crippen LogP contribution is -2.29. The van der Waals surface area contributed by atoms with Crippen molar-refractivity contribution in [3.05, 3.63) is 60.3 Å². The third kappa shape index (κ3) is 2.96. The van der Waals surface area contributed by atoms with Gasteiger partial charge in [-0.2, -0.15) is 4.98 Å². The molecule has 0 atom stereocenters. The number of benzene rings is 1. The molecular formula is C20H21N7O. The van der Waals surface area contributed by atoms with Gasteiger partial charge in [-0.3, -0.25) is 4.90 Å². The molecule has 5 rings (SSSR count). The molecule has 3 aromatic rings. The molecule has 3 heterocycles. The van der Waals surface area contributed by atoms with Crippen LogP contribution >= 0.6 is 0 Å². The summed E-state index contributed by atoms with van der Waals surface area (Å²) < 4.78 is 2.04. The van der Waals surface area contributed by atoms with Crippen LogP contribution in [0, 0.1) is 6.92 Å². The Hall–Kier alpha value is -3.42. The summed E-state index contributed by atoms with van der Waals surface area (Å²) in [6.07, 6.45) is 7.52. The van der Waals surface area contributed by atoms with Crippen LogP contribution in [0.1, 0.15) is 24.1 Å². The molecule has 8 nitrogen and oxygen atoms in total. The number of nitrogens with one attached hydrogen (secondary N) is 2. The molecule has 2 fully saturated rings. The Kier molecular flexibility index (Phi) is 3.78. The number of rotatable bonds is 5. The van der Waals surface area contributed by atoms with E-state index in [2.05, 4.69) is 56.9 Å². The summed E-state index contributed by atoms with van der Waals surface area (Å²) in [5.41, 5.74) is 3.03. The van der Waals surface area contributed by atoms with E-state index in [1.54, 1.807) is 17.2 Å². The molecule has 1 aliphatic heterocycles. The molecule has 2 amide bonds. The number of hydrogen-bond acceptors (Lipinski definition) is 5. The van der Waals surface area contributed by atoms with Crippen molar-refractivity contribution in [3.8, 4) is 5.69 Å². The smallest absolute Gasteiger partial charge is 0.323 e. The summed E-state index contributed by atoms with van der Waals surface area (Å²) >= 11 is 0. The molecule has 0 unspecified atom stereocenters. The molecule has 2 N–H and O–H groups in total. The predicted molar refractivity (Wildman–Crippen MR) is 106 cm³/mol. The quantitative estimate of drug-likeness (QED) is 0.716. The molecule has 0 spiro atoms. The van der Waals surface area contributed by atoms with Gasteiger partial charge in [0.15, 0.2) is 0 Å². The van der Waals surface area contributed by atoms with Gasteiger partial charge in [0.25, 0.3) is 0 Å². The second kappa shape index (κ2) is 6.33. The first-order chi connectivity index (χ1) is 13.6. The Morgan fingerprint density at radius 3 is 2.86 bits per heavy atom. The molecule has 1 aromatic carbocycles. The number of anilines is 2. The van der Waals surface area contributed by atoms with E-state index < -0.39 is 0 Å². The number of aryl methyl sites for hydroxylation is 1. The largest absolute Gasteiger partial charge is 0.343 e. The van der Waals surface area contributed by atoms with E-state index in [0.29, 0.717) is 24.9 Å². The molecule has 142 valence electrons. The van der Waals surface area contributed by atoms with Crippen molar-refractivity contribution in [2.75, 3.05) is 23.3 Å². The number of carbonyl (C=O) groups excluding carboxylic acids is 1. The van der Waals surface area contributed by atoms with Crippen LogP contribution < -0.4 is 15.5 Å². The van der Waals surface area contributed by atoms with Gasteiger partial charge in [-0.25, -0.2) is 14.8 Å². The third-order valence-electron chi connectivity index (χ3n) is 5.25. The fourth-order valence-electron chi connectivity index (χ4n) is 3.53. The number of urea groups is 1. The van der Waals surface area contributed by atoms with Gasteiger partial charge in [0.2, 0.25) is 5.95 Å². The van der Waals surface area contributed by atoms with E-state index in [4.69, 9.17) is 0 Å². The second-order valence-electron chi connectivity index (χ2n) is 7.33. The zero-order valence-electron chi connectivity index (χ0n) is 15.6. The minimum Gasteiger partial charge on any atom is -0.343 e. The lowest BCUT2D eigenvalue weighted by Gasteiger charge is -2.17. The van der Waals surface area contributed by atoms with Crippen LogP contribution in [0.5, 0.6) is 0 Å². The highest BCUT2D eigenvalue weighted by atomic mass is 16.2. The molecule has 1 aliphatic carbocycles. The first-order valence-corrected chi connectivity index (χ1v) is 9.41. The van der Waals surface area contributed by atoms with E-state index in [-0.39, 0.29) is 11.6 Å². The molecule has 0 bridgehead atoms. The van der Waals surface area contributed by atoms with E-state index in [1.165, 1.54) is 5.56 Å². The maximum atomic E-state index is 11.9. The summed E-state index contributed by atoms with van der Waals surface area (Å²) in [5, 5.41) is 6.23. The number of aromatic nitrogens is 4. The molecule has 2 aromatic heterocycles. The Morgan fingerprint density at radius 1 is 1.21 bits per heavy atom. The van der Waals surface area contributed by atoms with Crippen molar-refractivity contribution in [1.29, 1.82) is 0 Å². The Bertz CT molecular complexity index is 1040. The number of imidazole rings is 1. The minimum atomic E-state index is -0.249. The summed E-state index contributed by atoms with van der Waals surface area (Å²) in [4.78, 5) is 27.0. The first-order valence-electron chi connectivity index (χ1n) is 9.41. The van der Waals surface area contributed by atoms with E-state index in [0.717, 1.165) is 24.2 Å². The highest BCUT2D eigenvalue weighted by molar-refractivity contribution is 5.93. The maximum Gasteiger partial charge on any atom is 0.323 e. The van der Waals surface area contributed by atoms with Crippen LogP contribution in [0.2, 0.25) is 0 Å². The van der Waals surface area contributed by atoms with Crippen molar-refractivity contribution in [1.82, 2.24) is 24.8 Å². The van der Waals surface area contributed by atoms with Gasteiger partial charge in [-0.05, 0) is 43.5 Å². The summed E-state index contributed by atoms with van der Waals surface area (Å²) in [6, 6.07) is 9.95. The SMILES string of the molecule is Cc1cccc(-n2cnc(C3(Nc4nccc(N5CCNC5=O)n4)CC3)c2)c1. The first kappa shape index (κ1) is 16.7. The normalized spacial score (nSPS) is 17.5. The van der Waals surface area contributed by atoms with Gasteiger partial charge < -0.3 is 15.2 Å². The zero-order chi connectivity index (χ0) is 19.1. The van der Waals surface area contributed by atoms with Gasteiger partial charge in [-0.1, -0.05) is 12.1 Å². The van der Waals surface area contributed by atoms with Gasteiger partial charge in [-0.15, -0.1) is 0 Å². The third-order valence-corrected chi connectivity index (χ3v) is 5.25. The van der Waals surface area contributed by atoms with Gasteiger partial charge in [0.1, 0.15) is 5.82 Å². The van der Waals surface area contributed by atoms with Crippen LogP contribution in [0.4, 0.5) is 16.6 Å². The van der Waals surface area contributed by atoms with Crippen LogP contribution in [0.15, 0.2) is 49.1 Å². The average molecular weight is 375 g/mol. The van der Waals surface area contributed by atoms with Crippen molar-refractivity contribution in [3.63, 3.8) is 0 Å². The Balaban J connectivity index is 1.38. The van der Waals surface area contributed by atoms with Crippen LogP contribution in [-0.2, 0) is 5.54 Å². The van der Waals surface area contributed by atoms with Crippen LogP contribution in [-0.4, -0.2) is 38.6 Å². The zero-order valence-corrected chi connectivity index (χ0v) is 15.6. The van der Waals surface area contributed by atoms with Crippen molar-refractivity contribution in [2.24, 2.45) is 0 Å². The number of nitrogens with zero attached hydrogens (tertiary/aromatic N) is 5. The van der Waals surface area contributed by atoms with Crippen molar-refractivity contribution < 1.29 is 4.79 Å². The average Bonchev–Trinajstić information content (AvgIpc) is 3.11. The second-order valence-corrected chi connectivity index (χ2v) is 7.33. The fraction of sp³-hybridized carbons (Fsp3) is 0.300. The van der Waals surface area contributed by atoms with E-state index in [1.807, 2.05) is 17.0 Å². The summed E-state index contributed by atoms with van der Waals surface area (Å²) in [5.74, 6) is 1.12. The maximum absolute atomic E-state index is 11.9. The number of hydrogen-bond donors (Lipinski definition) is 2. The Labute approximate surface area is 162 Å². The van der Waals surface area contributed by atoms with Gasteiger partial charge >= 0.3 is 6.03 Å². The standard InChI is InChI=1S/C20H21N7O/c1-14-3-2-4-15(11-14)26-12-16(23-13-26)20(6-7-20)25-18-21-8-5-17(24-18)27-10-9-22-19(27)28/h2-5,8,11-13H,6-7,9-10H2,1H3,(H,22,28)(H,21,24,25). The van der Waals surface area contributed by atoms with E-state index >= 15 is 0 Å². The topological polar surface area (TPSA) is 88.0 Å². The molecule has 28 heavy (non-hydrogen) atoms. The fourth-order valence-corrected chi connectivity index (χ4v) is 3.53. The molecule has 1 saturated heterocycles. The lowest BCUT2D eigenvalue weighted by atomic mass is 10.2. The number of amides is 2. The molecule has 0 radical (unpaired) electrons. The van der Waals surface area contributed by atoms with Crippen molar-refractivity contribution >= 4 is 17.8 Å². The van der Waals surface area contributed by atoms with E-state index in [9.17, 15) is 4.79 Å². The highest BCUT2D eigenvalue weighted by Gasteiger charge is 2.47. The lowest BCUT2D eigenvalue weighted by molar-refractivity contribution is 0.252.